The summed E-state index contributed by atoms with van der Waals surface area (Å²) in [6.07, 6.45) is 7.81. The van der Waals surface area contributed by atoms with Gasteiger partial charge in [-0.1, -0.05) is 31.0 Å². The zero-order valence-corrected chi connectivity index (χ0v) is 13.7. The Kier molecular flexibility index (Phi) is 5.31. The molecule has 1 aromatic rings. The zero-order chi connectivity index (χ0) is 16.1. The van der Waals surface area contributed by atoms with Crippen LogP contribution in [0.25, 0.3) is 0 Å². The predicted molar refractivity (Wildman–Crippen MR) is 90.1 cm³/mol. The van der Waals surface area contributed by atoms with Crippen LogP contribution >= 0.6 is 0 Å². The standard InChI is InChI=1S/C19H26N2O2/c22-18(12-13-20-19(23)16-8-2-1-3-9-16)21-14-6-10-15-7-4-5-11-17(15)21/h1-3,8-9,15,17H,4-7,10-14H2,(H,20,23)/t15-,17-/m0/s1. The van der Waals surface area contributed by atoms with E-state index in [1.54, 1.807) is 12.1 Å². The SMILES string of the molecule is O=C(NCCC(=O)N1CCC[C@@H]2CCCC[C@@H]21)c1ccccc1. The minimum absolute atomic E-state index is 0.104. The Bertz CT molecular complexity index is 542. The van der Waals surface area contributed by atoms with Crippen LogP contribution in [0.2, 0.25) is 0 Å². The first kappa shape index (κ1) is 16.0. The second-order valence-corrected chi connectivity index (χ2v) is 6.71. The van der Waals surface area contributed by atoms with E-state index < -0.39 is 0 Å². The molecule has 0 aromatic heterocycles. The summed E-state index contributed by atoms with van der Waals surface area (Å²) in [6.45, 7) is 1.31. The van der Waals surface area contributed by atoms with E-state index in [2.05, 4.69) is 10.2 Å². The Labute approximate surface area is 138 Å². The third kappa shape index (κ3) is 3.92. The van der Waals surface area contributed by atoms with Crippen molar-refractivity contribution in [2.45, 2.75) is 51.0 Å². The molecule has 1 N–H and O–H groups in total. The van der Waals surface area contributed by atoms with Crippen LogP contribution in [0.1, 0.15) is 55.3 Å². The van der Waals surface area contributed by atoms with Gasteiger partial charge in [-0.25, -0.2) is 0 Å². The Balaban J connectivity index is 1.48. The molecule has 1 heterocycles. The molecule has 0 spiro atoms. The fourth-order valence-electron chi connectivity index (χ4n) is 4.05. The average molecular weight is 314 g/mol. The Morgan fingerprint density at radius 3 is 2.61 bits per heavy atom. The van der Waals surface area contributed by atoms with Crippen LogP contribution < -0.4 is 5.32 Å². The molecule has 2 amide bonds. The first-order valence-electron chi connectivity index (χ1n) is 8.88. The third-order valence-corrected chi connectivity index (χ3v) is 5.22. The number of hydrogen-bond acceptors (Lipinski definition) is 2. The fraction of sp³-hybridized carbons (Fsp3) is 0.579. The molecule has 1 saturated carbocycles. The van der Waals surface area contributed by atoms with Crippen LogP contribution in [-0.4, -0.2) is 35.8 Å². The molecular formula is C19H26N2O2. The Hall–Kier alpha value is -1.84. The van der Waals surface area contributed by atoms with Gasteiger partial charge in [0.2, 0.25) is 5.91 Å². The highest BCUT2D eigenvalue weighted by Crippen LogP contribution is 2.35. The average Bonchev–Trinajstić information content (AvgIpc) is 2.61. The van der Waals surface area contributed by atoms with Gasteiger partial charge in [0.1, 0.15) is 0 Å². The molecule has 124 valence electrons. The van der Waals surface area contributed by atoms with E-state index in [0.29, 0.717) is 30.5 Å². The van der Waals surface area contributed by atoms with E-state index >= 15 is 0 Å². The number of fused-ring (bicyclic) bond motifs is 1. The van der Waals surface area contributed by atoms with E-state index in [1.807, 2.05) is 18.2 Å². The number of benzene rings is 1. The lowest BCUT2D eigenvalue weighted by Crippen LogP contribution is -2.50. The van der Waals surface area contributed by atoms with Gasteiger partial charge in [-0.2, -0.15) is 0 Å². The van der Waals surface area contributed by atoms with E-state index in [4.69, 9.17) is 0 Å². The van der Waals surface area contributed by atoms with Crippen molar-refractivity contribution in [3.63, 3.8) is 0 Å². The topological polar surface area (TPSA) is 49.4 Å². The van der Waals surface area contributed by atoms with Gasteiger partial charge in [0.25, 0.3) is 5.91 Å². The maximum Gasteiger partial charge on any atom is 0.251 e. The number of likely N-dealkylation sites (tertiary alicyclic amines) is 1. The van der Waals surface area contributed by atoms with Crippen molar-refractivity contribution in [3.8, 4) is 0 Å². The molecule has 4 nitrogen and oxygen atoms in total. The van der Waals surface area contributed by atoms with Gasteiger partial charge in [0.15, 0.2) is 0 Å². The van der Waals surface area contributed by atoms with Gasteiger partial charge >= 0.3 is 0 Å². The summed E-state index contributed by atoms with van der Waals surface area (Å²) in [5.41, 5.74) is 0.644. The van der Waals surface area contributed by atoms with Crippen LogP contribution in [0.5, 0.6) is 0 Å². The van der Waals surface area contributed by atoms with Crippen molar-refractivity contribution in [1.82, 2.24) is 10.2 Å². The van der Waals surface area contributed by atoms with Crippen molar-refractivity contribution in [1.29, 1.82) is 0 Å². The highest BCUT2D eigenvalue weighted by Gasteiger charge is 2.35. The summed E-state index contributed by atoms with van der Waals surface area (Å²) in [6, 6.07) is 9.60. The molecule has 2 atom stereocenters. The molecule has 0 bridgehead atoms. The number of nitrogens with one attached hydrogen (secondary N) is 1. The van der Waals surface area contributed by atoms with Crippen molar-refractivity contribution in [2.24, 2.45) is 5.92 Å². The lowest BCUT2D eigenvalue weighted by Gasteiger charge is -2.44. The predicted octanol–water partition coefficient (Wildman–Crippen LogP) is 2.99. The molecule has 23 heavy (non-hydrogen) atoms. The van der Waals surface area contributed by atoms with Gasteiger partial charge in [0.05, 0.1) is 0 Å². The Morgan fingerprint density at radius 1 is 1.04 bits per heavy atom. The number of rotatable bonds is 4. The van der Waals surface area contributed by atoms with Crippen molar-refractivity contribution in [3.05, 3.63) is 35.9 Å². The smallest absolute Gasteiger partial charge is 0.251 e. The summed E-state index contributed by atoms with van der Waals surface area (Å²) in [5, 5.41) is 2.85. The van der Waals surface area contributed by atoms with Crippen LogP contribution in [0.15, 0.2) is 30.3 Å². The van der Waals surface area contributed by atoms with Crippen molar-refractivity contribution in [2.75, 3.05) is 13.1 Å². The number of carbonyl (C=O) groups is 2. The van der Waals surface area contributed by atoms with Gasteiger partial charge in [-0.05, 0) is 43.7 Å². The molecule has 2 fully saturated rings. The molecule has 4 heteroatoms. The lowest BCUT2D eigenvalue weighted by molar-refractivity contribution is -0.137. The highest BCUT2D eigenvalue weighted by molar-refractivity contribution is 5.94. The molecule has 1 aromatic carbocycles. The summed E-state index contributed by atoms with van der Waals surface area (Å²) in [5.74, 6) is 0.808. The van der Waals surface area contributed by atoms with Crippen LogP contribution in [0, 0.1) is 5.92 Å². The minimum atomic E-state index is -0.104. The van der Waals surface area contributed by atoms with E-state index in [1.165, 1.54) is 25.7 Å². The number of piperidine rings is 1. The largest absolute Gasteiger partial charge is 0.352 e. The first-order valence-corrected chi connectivity index (χ1v) is 8.88. The zero-order valence-electron chi connectivity index (χ0n) is 13.7. The third-order valence-electron chi connectivity index (χ3n) is 5.22. The summed E-state index contributed by atoms with van der Waals surface area (Å²) in [7, 11) is 0. The lowest BCUT2D eigenvalue weighted by atomic mass is 9.78. The maximum atomic E-state index is 12.5. The first-order chi connectivity index (χ1) is 11.3. The van der Waals surface area contributed by atoms with E-state index in [0.717, 1.165) is 19.4 Å². The van der Waals surface area contributed by atoms with Gasteiger partial charge < -0.3 is 10.2 Å². The van der Waals surface area contributed by atoms with Crippen LogP contribution in [0.3, 0.4) is 0 Å². The van der Waals surface area contributed by atoms with Crippen molar-refractivity contribution < 1.29 is 9.59 Å². The van der Waals surface area contributed by atoms with Crippen LogP contribution in [0.4, 0.5) is 0 Å². The number of hydrogen-bond donors (Lipinski definition) is 1. The molecule has 1 aliphatic carbocycles. The van der Waals surface area contributed by atoms with Crippen LogP contribution in [-0.2, 0) is 4.79 Å². The molecule has 3 rings (SSSR count). The second kappa shape index (κ2) is 7.62. The summed E-state index contributed by atoms with van der Waals surface area (Å²) in [4.78, 5) is 26.6. The second-order valence-electron chi connectivity index (χ2n) is 6.71. The summed E-state index contributed by atoms with van der Waals surface area (Å²) >= 11 is 0. The van der Waals surface area contributed by atoms with Gasteiger partial charge in [-0.15, -0.1) is 0 Å². The van der Waals surface area contributed by atoms with E-state index in [-0.39, 0.29) is 11.8 Å². The molecule has 2 aliphatic rings. The van der Waals surface area contributed by atoms with Crippen molar-refractivity contribution >= 4 is 11.8 Å². The number of amides is 2. The number of carbonyl (C=O) groups excluding carboxylic acids is 2. The van der Waals surface area contributed by atoms with Gasteiger partial charge in [-0.3, -0.25) is 9.59 Å². The summed E-state index contributed by atoms with van der Waals surface area (Å²) < 4.78 is 0. The number of nitrogens with zero attached hydrogens (tertiary/aromatic N) is 1. The quantitative estimate of drug-likeness (QED) is 0.929. The normalized spacial score (nSPS) is 23.9. The maximum absolute atomic E-state index is 12.5. The Morgan fingerprint density at radius 2 is 1.78 bits per heavy atom. The minimum Gasteiger partial charge on any atom is -0.352 e. The fourth-order valence-corrected chi connectivity index (χ4v) is 4.05. The molecule has 1 saturated heterocycles. The highest BCUT2D eigenvalue weighted by atomic mass is 16.2. The molecule has 0 unspecified atom stereocenters. The van der Waals surface area contributed by atoms with Gasteiger partial charge in [0, 0.05) is 31.1 Å². The molecule has 1 aliphatic heterocycles. The molecular weight excluding hydrogens is 288 g/mol. The monoisotopic (exact) mass is 314 g/mol. The van der Waals surface area contributed by atoms with E-state index in [9.17, 15) is 9.59 Å². The molecule has 0 radical (unpaired) electrons.